The zero-order chi connectivity index (χ0) is 61.7. The molecule has 10 rings (SSSR count). The molecular weight excluding hydrogens is 1120 g/mol. The summed E-state index contributed by atoms with van der Waals surface area (Å²) in [4.78, 5) is 86.7. The van der Waals surface area contributed by atoms with E-state index in [1.54, 1.807) is 55.5 Å². The van der Waals surface area contributed by atoms with Crippen molar-refractivity contribution in [3.63, 3.8) is 0 Å². The summed E-state index contributed by atoms with van der Waals surface area (Å²) in [5.74, 6) is -3.32. The normalized spacial score (nSPS) is 24.0. The molecule has 0 unspecified atom stereocenters. The molecule has 10 atom stereocenters. The topological polar surface area (TPSA) is 232 Å². The number of ether oxygens (including phenoxy) is 14. The second-order valence-corrected chi connectivity index (χ2v) is 21.1. The first kappa shape index (κ1) is 61.3. The van der Waals surface area contributed by atoms with Gasteiger partial charge in [-0.3, -0.25) is 28.8 Å². The highest BCUT2D eigenvalue weighted by Crippen LogP contribution is 2.74. The minimum absolute atomic E-state index is 0.0495. The summed E-state index contributed by atoms with van der Waals surface area (Å²) in [5.41, 5.74) is -5.12. The number of rotatable bonds is 25. The fourth-order valence-electron chi connectivity index (χ4n) is 13.3. The molecule has 0 aromatic heterocycles. The van der Waals surface area contributed by atoms with Crippen LogP contribution < -0.4 is 18.9 Å². The number of carbonyl (C=O) groups excluding carboxylic acids is 6. The van der Waals surface area contributed by atoms with Crippen molar-refractivity contribution in [2.45, 2.75) is 92.6 Å². The highest BCUT2D eigenvalue weighted by molar-refractivity contribution is 5.94. The van der Waals surface area contributed by atoms with Crippen molar-refractivity contribution >= 4 is 35.8 Å². The zero-order valence-corrected chi connectivity index (χ0v) is 49.3. The Morgan fingerprint density at radius 2 is 0.655 bits per heavy atom. The van der Waals surface area contributed by atoms with E-state index in [-0.39, 0.29) is 13.0 Å². The molecular formula is C67H68O20. The molecule has 4 fully saturated rings. The summed E-state index contributed by atoms with van der Waals surface area (Å²) in [6.07, 6.45) is -15.2. The van der Waals surface area contributed by atoms with Crippen molar-refractivity contribution in [3.8, 4) is 23.0 Å². The van der Waals surface area contributed by atoms with Gasteiger partial charge in [0.15, 0.2) is 12.2 Å². The van der Waals surface area contributed by atoms with Crippen molar-refractivity contribution in [2.24, 2.45) is 10.8 Å². The van der Waals surface area contributed by atoms with Crippen molar-refractivity contribution in [1.29, 1.82) is 0 Å². The lowest BCUT2D eigenvalue weighted by Crippen LogP contribution is -2.76. The van der Waals surface area contributed by atoms with Crippen LogP contribution in [0.2, 0.25) is 0 Å². The summed E-state index contributed by atoms with van der Waals surface area (Å²) < 4.78 is 87.6. The Labute approximate surface area is 503 Å². The predicted octanol–water partition coefficient (Wildman–Crippen LogP) is 7.78. The largest absolute Gasteiger partial charge is 0.497 e. The lowest BCUT2D eigenvalue weighted by atomic mass is 9.47. The third-order valence-electron chi connectivity index (χ3n) is 17.1. The van der Waals surface area contributed by atoms with Crippen LogP contribution in [0.5, 0.6) is 23.0 Å². The summed E-state index contributed by atoms with van der Waals surface area (Å²) >= 11 is 0. The third-order valence-corrected chi connectivity index (χ3v) is 17.1. The van der Waals surface area contributed by atoms with Crippen LogP contribution in [0.4, 0.5) is 0 Å². The average molecular weight is 1190 g/mol. The molecule has 87 heavy (non-hydrogen) atoms. The van der Waals surface area contributed by atoms with E-state index < -0.39 is 126 Å². The molecule has 4 heterocycles. The summed E-state index contributed by atoms with van der Waals surface area (Å²) in [5, 5.41) is 0. The van der Waals surface area contributed by atoms with E-state index in [0.717, 1.165) is 14.2 Å². The second-order valence-electron chi connectivity index (χ2n) is 21.1. The van der Waals surface area contributed by atoms with E-state index in [2.05, 4.69) is 0 Å². The Morgan fingerprint density at radius 1 is 0.368 bits per heavy atom. The first-order chi connectivity index (χ1) is 42.2. The van der Waals surface area contributed by atoms with Gasteiger partial charge in [0.2, 0.25) is 0 Å². The lowest BCUT2D eigenvalue weighted by Gasteiger charge is -2.55. The summed E-state index contributed by atoms with van der Waals surface area (Å²) in [6.45, 7) is 1.68. The molecule has 20 heteroatoms. The van der Waals surface area contributed by atoms with Crippen LogP contribution in [0, 0.1) is 10.8 Å². The van der Waals surface area contributed by atoms with Gasteiger partial charge in [-0.05, 0) is 88.8 Å². The molecule has 0 amide bonds. The van der Waals surface area contributed by atoms with Crippen LogP contribution in [-0.4, -0.2) is 141 Å². The molecule has 4 saturated heterocycles. The van der Waals surface area contributed by atoms with Crippen LogP contribution >= 0.6 is 0 Å². The summed E-state index contributed by atoms with van der Waals surface area (Å²) in [7, 11) is 9.57. The second kappa shape index (κ2) is 25.6. The monoisotopic (exact) mass is 1190 g/mol. The van der Waals surface area contributed by atoms with E-state index in [0.29, 0.717) is 56.4 Å². The molecule has 0 N–H and O–H groups in total. The average Bonchev–Trinajstić information content (AvgIpc) is 1.46. The van der Waals surface area contributed by atoms with E-state index in [4.69, 9.17) is 66.3 Å². The molecule has 456 valence electrons. The molecule has 6 aromatic carbocycles. The highest BCUT2D eigenvalue weighted by atomic mass is 16.7. The molecule has 0 spiro atoms. The van der Waals surface area contributed by atoms with Crippen LogP contribution in [-0.2, 0) is 87.3 Å². The maximum atomic E-state index is 16.2. The van der Waals surface area contributed by atoms with E-state index >= 15 is 9.59 Å². The van der Waals surface area contributed by atoms with Gasteiger partial charge in [-0.2, -0.15) is 0 Å². The molecule has 4 aliphatic rings. The Bertz CT molecular complexity index is 3320. The third kappa shape index (κ3) is 10.4. The fraction of sp³-hybridized carbons (Fsp3) is 0.373. The quantitative estimate of drug-likeness (QED) is 0.0302. The van der Waals surface area contributed by atoms with E-state index in [9.17, 15) is 19.2 Å². The number of fused-ring (bicyclic) bond motifs is 9. The molecule has 4 bridgehead atoms. The Balaban J connectivity index is 1.25. The first-order valence-corrected chi connectivity index (χ1v) is 28.3. The van der Waals surface area contributed by atoms with Crippen molar-refractivity contribution in [1.82, 2.24) is 0 Å². The Morgan fingerprint density at radius 3 is 0.943 bits per heavy atom. The Hall–Kier alpha value is -8.82. The van der Waals surface area contributed by atoms with Gasteiger partial charge < -0.3 is 66.3 Å². The van der Waals surface area contributed by atoms with Crippen molar-refractivity contribution < 1.29 is 95.1 Å². The van der Waals surface area contributed by atoms with Crippen LogP contribution in [0.1, 0.15) is 66.0 Å². The molecule has 4 aliphatic heterocycles. The number of hydrogen-bond acceptors (Lipinski definition) is 20. The molecule has 0 aliphatic carbocycles. The standard InChI is InChI=1S/C67H68O20/c1-9-81-51(69)37-39-53(71)83-55-57(87-67(41-18-14-11-15-19-41,44-24-32-48(76-4)33-25-44)45-26-34-49(77-5)35-27-45)61-65(63(73)80-8)60-56(54(82-52(70)38-36-50(68)78-6)58(84-60)64(65,59(55)85-61)62(72)79-7)86-66(40-16-12-10-13-17-40,42-20-28-46(74-2)29-21-42)43-22-30-47(75-3)31-23-43/h10-35,54-61H,9,36-39H2,1-8H3/t54-,55+,56+,57-,58-,59+,60+,61-,64+,65-/m1/s1. The minimum atomic E-state index is -2.45. The van der Waals surface area contributed by atoms with Gasteiger partial charge >= 0.3 is 35.8 Å². The van der Waals surface area contributed by atoms with Gasteiger partial charge in [0.05, 0.1) is 82.1 Å². The number of methoxy groups -OCH3 is 7. The van der Waals surface area contributed by atoms with Gasteiger partial charge in [0, 0.05) is 0 Å². The lowest BCUT2D eigenvalue weighted by molar-refractivity contribution is -0.230. The molecule has 20 nitrogen and oxygen atoms in total. The van der Waals surface area contributed by atoms with Gasteiger partial charge in [-0.15, -0.1) is 0 Å². The number of carbonyl (C=O) groups is 6. The van der Waals surface area contributed by atoms with Crippen LogP contribution in [0.25, 0.3) is 0 Å². The Kier molecular flexibility index (Phi) is 18.1. The molecule has 6 aromatic rings. The highest BCUT2D eigenvalue weighted by Gasteiger charge is 2.95. The predicted molar refractivity (Wildman–Crippen MR) is 307 cm³/mol. The van der Waals surface area contributed by atoms with E-state index in [1.807, 2.05) is 109 Å². The van der Waals surface area contributed by atoms with Crippen molar-refractivity contribution in [3.05, 3.63) is 191 Å². The van der Waals surface area contributed by atoms with Gasteiger partial charge in [-0.25, -0.2) is 0 Å². The van der Waals surface area contributed by atoms with Crippen LogP contribution in [0.15, 0.2) is 158 Å². The maximum absolute atomic E-state index is 16.2. The first-order valence-electron chi connectivity index (χ1n) is 28.3. The summed E-state index contributed by atoms with van der Waals surface area (Å²) in [6, 6.07) is 46.9. The smallest absolute Gasteiger partial charge is 0.318 e. The number of esters is 6. The minimum Gasteiger partial charge on any atom is -0.497 e. The van der Waals surface area contributed by atoms with Crippen molar-refractivity contribution in [2.75, 3.05) is 56.4 Å². The maximum Gasteiger partial charge on any atom is 0.318 e. The van der Waals surface area contributed by atoms with Gasteiger partial charge in [0.1, 0.15) is 81.7 Å². The van der Waals surface area contributed by atoms with E-state index in [1.165, 1.54) is 35.5 Å². The fourth-order valence-corrected chi connectivity index (χ4v) is 13.3. The zero-order valence-electron chi connectivity index (χ0n) is 49.3. The molecule has 0 saturated carbocycles. The SMILES string of the molecule is CCOC(=O)CCC(=O)O[C@H]1[C@@H](OC(c2ccccc2)(c2ccc(OC)cc2)c2ccc(OC)cc2)[C@H]2O[C@@H]1[C@]1(C(=O)OC)[C@@H]3O[C@@H]([C@@H](OC(c4ccccc4)(c4ccc(OC)cc4)c4ccc(OC)cc4)[C@H]3OC(=O)CCC(=O)OC)[C@]21C(=O)OC. The van der Waals surface area contributed by atoms with Gasteiger partial charge in [0.25, 0.3) is 0 Å². The number of benzene rings is 6. The van der Waals surface area contributed by atoms with Gasteiger partial charge in [-0.1, -0.05) is 109 Å². The molecule has 0 radical (unpaired) electrons. The number of hydrogen-bond donors (Lipinski definition) is 0. The van der Waals surface area contributed by atoms with Crippen LogP contribution in [0.3, 0.4) is 0 Å².